The van der Waals surface area contributed by atoms with Crippen molar-refractivity contribution in [1.29, 1.82) is 0 Å². The van der Waals surface area contributed by atoms with E-state index in [4.69, 9.17) is 14.2 Å². The Bertz CT molecular complexity index is 965. The molecule has 0 aliphatic carbocycles. The largest absolute Gasteiger partial charge is 0.497 e. The highest BCUT2D eigenvalue weighted by atomic mass is 32.1. The number of benzene rings is 2. The van der Waals surface area contributed by atoms with Gasteiger partial charge in [0, 0.05) is 22.7 Å². The predicted molar refractivity (Wildman–Crippen MR) is 104 cm³/mol. The number of aryl methyl sites for hydroxylation is 1. The Kier molecular flexibility index (Phi) is 4.81. The van der Waals surface area contributed by atoms with Gasteiger partial charge >= 0.3 is 5.97 Å². The van der Waals surface area contributed by atoms with Crippen molar-refractivity contribution in [2.75, 3.05) is 13.7 Å². The molecule has 1 aromatic heterocycles. The van der Waals surface area contributed by atoms with Crippen molar-refractivity contribution in [1.82, 2.24) is 4.98 Å². The quantitative estimate of drug-likeness (QED) is 0.499. The van der Waals surface area contributed by atoms with Gasteiger partial charge in [-0.1, -0.05) is 6.07 Å². The number of carbonyl (C=O) groups excluding carboxylic acids is 1. The molecule has 1 aliphatic rings. The molecule has 0 fully saturated rings. The van der Waals surface area contributed by atoms with Gasteiger partial charge in [0.05, 0.1) is 13.0 Å². The van der Waals surface area contributed by atoms with Crippen molar-refractivity contribution in [3.8, 4) is 27.8 Å². The van der Waals surface area contributed by atoms with Gasteiger partial charge in [-0.2, -0.15) is 0 Å². The van der Waals surface area contributed by atoms with Crippen LogP contribution in [-0.2, 0) is 11.2 Å². The van der Waals surface area contributed by atoms with Gasteiger partial charge in [-0.25, -0.2) is 4.98 Å². The highest BCUT2D eigenvalue weighted by Gasteiger charge is 2.28. The number of fused-ring (bicyclic) bond motifs is 1. The highest BCUT2D eigenvalue weighted by molar-refractivity contribution is 7.13. The van der Waals surface area contributed by atoms with Crippen molar-refractivity contribution in [3.63, 3.8) is 0 Å². The second-order valence-electron chi connectivity index (χ2n) is 6.43. The van der Waals surface area contributed by atoms with E-state index in [-0.39, 0.29) is 11.9 Å². The van der Waals surface area contributed by atoms with Crippen molar-refractivity contribution in [3.05, 3.63) is 59.1 Å². The van der Waals surface area contributed by atoms with Crippen LogP contribution in [-0.4, -0.2) is 24.7 Å². The lowest BCUT2D eigenvalue weighted by molar-refractivity contribution is -0.140. The smallest absolute Gasteiger partial charge is 0.318 e. The van der Waals surface area contributed by atoms with Gasteiger partial charge in [0.1, 0.15) is 28.9 Å². The van der Waals surface area contributed by atoms with Gasteiger partial charge in [0.15, 0.2) is 0 Å². The van der Waals surface area contributed by atoms with Crippen LogP contribution >= 0.6 is 11.3 Å². The summed E-state index contributed by atoms with van der Waals surface area (Å²) in [5.74, 6) is 1.42. The first-order valence-corrected chi connectivity index (χ1v) is 9.54. The number of hydrogen-bond acceptors (Lipinski definition) is 6. The maximum absolute atomic E-state index is 12.5. The van der Waals surface area contributed by atoms with Crippen LogP contribution in [0.25, 0.3) is 10.6 Å². The molecule has 6 heteroatoms. The first-order chi connectivity index (χ1) is 13.1. The molecular formula is C21H19NO4S. The number of nitrogens with zero attached hydrogens (tertiary/aromatic N) is 1. The molecule has 0 bridgehead atoms. The summed E-state index contributed by atoms with van der Waals surface area (Å²) in [5, 5.41) is 2.97. The molecule has 1 atom stereocenters. The molecule has 2 aromatic carbocycles. The molecule has 27 heavy (non-hydrogen) atoms. The number of methoxy groups -OCH3 is 1. The normalized spacial score (nSPS) is 15.6. The van der Waals surface area contributed by atoms with E-state index < -0.39 is 0 Å². The van der Waals surface area contributed by atoms with Crippen LogP contribution in [0.1, 0.15) is 11.3 Å². The third-order valence-electron chi connectivity index (χ3n) is 4.45. The van der Waals surface area contributed by atoms with E-state index in [0.29, 0.717) is 18.8 Å². The van der Waals surface area contributed by atoms with E-state index in [2.05, 4.69) is 4.98 Å². The van der Waals surface area contributed by atoms with E-state index in [9.17, 15) is 4.79 Å². The molecule has 0 saturated heterocycles. The lowest BCUT2D eigenvalue weighted by Gasteiger charge is -2.24. The van der Waals surface area contributed by atoms with Crippen molar-refractivity contribution >= 4 is 17.3 Å². The molecule has 0 amide bonds. The predicted octanol–water partition coefficient (Wildman–Crippen LogP) is 4.28. The van der Waals surface area contributed by atoms with E-state index >= 15 is 0 Å². The maximum Gasteiger partial charge on any atom is 0.318 e. The van der Waals surface area contributed by atoms with Crippen LogP contribution in [0.4, 0.5) is 0 Å². The summed E-state index contributed by atoms with van der Waals surface area (Å²) >= 11 is 1.60. The summed E-state index contributed by atoms with van der Waals surface area (Å²) < 4.78 is 16.5. The first kappa shape index (κ1) is 17.5. The number of hydrogen-bond donors (Lipinski definition) is 0. The lowest BCUT2D eigenvalue weighted by atomic mass is 9.97. The van der Waals surface area contributed by atoms with E-state index in [1.165, 1.54) is 0 Å². The van der Waals surface area contributed by atoms with Crippen LogP contribution in [0.2, 0.25) is 0 Å². The molecule has 2 heterocycles. The van der Waals surface area contributed by atoms with E-state index in [1.807, 2.05) is 42.6 Å². The van der Waals surface area contributed by atoms with Crippen LogP contribution < -0.4 is 14.2 Å². The zero-order chi connectivity index (χ0) is 18.8. The minimum absolute atomic E-state index is 0.283. The number of thiazole rings is 1. The van der Waals surface area contributed by atoms with Gasteiger partial charge in [-0.3, -0.25) is 4.79 Å². The van der Waals surface area contributed by atoms with Crippen LogP contribution in [0.3, 0.4) is 0 Å². The fraction of sp³-hybridized carbons (Fsp3) is 0.238. The number of esters is 1. The average Bonchev–Trinajstić information content (AvgIpc) is 3.14. The summed E-state index contributed by atoms with van der Waals surface area (Å²) in [7, 11) is 1.62. The summed E-state index contributed by atoms with van der Waals surface area (Å²) in [6.07, 6.45) is 0.592. The van der Waals surface area contributed by atoms with Gasteiger partial charge < -0.3 is 14.2 Å². The Labute approximate surface area is 161 Å². The van der Waals surface area contributed by atoms with Crippen LogP contribution in [0.15, 0.2) is 47.8 Å². The lowest BCUT2D eigenvalue weighted by Crippen LogP contribution is -2.31. The second-order valence-corrected chi connectivity index (χ2v) is 7.28. The monoisotopic (exact) mass is 381 g/mol. The van der Waals surface area contributed by atoms with Crippen molar-refractivity contribution in [2.45, 2.75) is 13.3 Å². The molecule has 4 rings (SSSR count). The summed E-state index contributed by atoms with van der Waals surface area (Å²) in [4.78, 5) is 17.0. The first-order valence-electron chi connectivity index (χ1n) is 8.66. The minimum Gasteiger partial charge on any atom is -0.497 e. The number of rotatable bonds is 4. The number of ether oxygens (including phenoxy) is 3. The van der Waals surface area contributed by atoms with Crippen molar-refractivity contribution in [2.24, 2.45) is 5.92 Å². The topological polar surface area (TPSA) is 57.7 Å². The molecule has 0 saturated carbocycles. The van der Waals surface area contributed by atoms with Crippen molar-refractivity contribution < 1.29 is 19.0 Å². The standard InChI is InChI=1S/C21H19NO4S/c1-13-12-27-20(22-13)14-3-6-17(7-4-14)26-21(23)16-9-15-5-8-18(24-2)10-19(15)25-11-16/h3-8,10,12,16H,9,11H2,1-2H3/t16-/m1/s1. The minimum atomic E-state index is -0.327. The Balaban J connectivity index is 1.41. The molecule has 0 radical (unpaired) electrons. The molecule has 5 nitrogen and oxygen atoms in total. The molecular weight excluding hydrogens is 362 g/mol. The van der Waals surface area contributed by atoms with Crippen LogP contribution in [0.5, 0.6) is 17.2 Å². The van der Waals surface area contributed by atoms with E-state index in [1.54, 1.807) is 30.6 Å². The summed E-state index contributed by atoms with van der Waals surface area (Å²) in [5.41, 5.74) is 3.00. The molecule has 138 valence electrons. The molecule has 3 aromatic rings. The fourth-order valence-corrected chi connectivity index (χ4v) is 3.79. The Morgan fingerprint density at radius 2 is 1.96 bits per heavy atom. The fourth-order valence-electron chi connectivity index (χ4n) is 2.98. The number of aromatic nitrogens is 1. The Hall–Kier alpha value is -2.86. The Morgan fingerprint density at radius 1 is 1.19 bits per heavy atom. The van der Waals surface area contributed by atoms with E-state index in [0.717, 1.165) is 33.3 Å². The SMILES string of the molecule is COc1ccc2c(c1)OC[C@H](C(=O)Oc1ccc(-c3nc(C)cs3)cc1)C2. The molecule has 0 unspecified atom stereocenters. The van der Waals surface area contributed by atoms with Gasteiger partial charge in [-0.05, 0) is 49.2 Å². The Morgan fingerprint density at radius 3 is 2.67 bits per heavy atom. The van der Waals surface area contributed by atoms with Gasteiger partial charge in [0.25, 0.3) is 0 Å². The third kappa shape index (κ3) is 3.80. The highest BCUT2D eigenvalue weighted by Crippen LogP contribution is 2.32. The number of carbonyl (C=O) groups is 1. The van der Waals surface area contributed by atoms with Crippen LogP contribution in [0, 0.1) is 12.8 Å². The third-order valence-corrected chi connectivity index (χ3v) is 5.46. The zero-order valence-electron chi connectivity index (χ0n) is 15.1. The maximum atomic E-state index is 12.5. The van der Waals surface area contributed by atoms with Gasteiger partial charge in [-0.15, -0.1) is 11.3 Å². The summed E-state index contributed by atoms with van der Waals surface area (Å²) in [6.45, 7) is 2.27. The van der Waals surface area contributed by atoms with Gasteiger partial charge in [0.2, 0.25) is 0 Å². The molecule has 0 spiro atoms. The molecule has 0 N–H and O–H groups in total. The second kappa shape index (κ2) is 7.40. The zero-order valence-corrected chi connectivity index (χ0v) is 15.9. The summed E-state index contributed by atoms with van der Waals surface area (Å²) in [6, 6.07) is 13.1. The average molecular weight is 381 g/mol. The molecule has 1 aliphatic heterocycles.